The molecule has 3 heterocycles. The number of aryl methyl sites for hydroxylation is 1. The monoisotopic (exact) mass is 355 g/mol. The van der Waals surface area contributed by atoms with Gasteiger partial charge in [0.15, 0.2) is 0 Å². The number of alkyl halides is 3. The Bertz CT molecular complexity index is 813. The number of amides is 1. The number of fused-ring (bicyclic) bond motifs is 1. The fourth-order valence-corrected chi connectivity index (χ4v) is 4.16. The first-order chi connectivity index (χ1) is 11.8. The summed E-state index contributed by atoms with van der Waals surface area (Å²) in [5, 5.41) is 7.99. The minimum atomic E-state index is -4.70. The number of hydrogen-bond acceptors (Lipinski definition) is 5. The van der Waals surface area contributed by atoms with Gasteiger partial charge < -0.3 is 13.7 Å². The standard InChI is InChI=1S/C16H16F3N3O3/c1-9-20-21-14(25-9)15-5-2-3-10(15)7-22(8-15)13(23)11-4-6-24-12(11)16(17,18)19/h4,6,10H,2-3,5,7-8H2,1H3/t10-,15-/m0/s1. The maximum absolute atomic E-state index is 13.0. The number of aromatic nitrogens is 2. The molecule has 0 radical (unpaired) electrons. The van der Waals surface area contributed by atoms with E-state index in [2.05, 4.69) is 14.6 Å². The van der Waals surface area contributed by atoms with Crippen LogP contribution in [0.3, 0.4) is 0 Å². The van der Waals surface area contributed by atoms with Crippen molar-refractivity contribution in [3.8, 4) is 0 Å². The topological polar surface area (TPSA) is 72.4 Å². The first-order valence-corrected chi connectivity index (χ1v) is 8.06. The fraction of sp³-hybridized carbons (Fsp3) is 0.562. The SMILES string of the molecule is Cc1nnc([C@]23CCC[C@H]2CN(C(=O)c2ccoc2C(F)(F)F)C3)o1. The summed E-state index contributed by atoms with van der Waals surface area (Å²) < 4.78 is 49.1. The minimum Gasteiger partial charge on any atom is -0.459 e. The van der Waals surface area contributed by atoms with Crippen molar-refractivity contribution in [3.63, 3.8) is 0 Å². The van der Waals surface area contributed by atoms with Gasteiger partial charge in [-0.1, -0.05) is 6.42 Å². The number of rotatable bonds is 2. The van der Waals surface area contributed by atoms with Gasteiger partial charge in [-0.05, 0) is 24.8 Å². The van der Waals surface area contributed by atoms with E-state index in [9.17, 15) is 18.0 Å². The van der Waals surface area contributed by atoms with Crippen LogP contribution in [0, 0.1) is 12.8 Å². The van der Waals surface area contributed by atoms with Crippen molar-refractivity contribution in [2.45, 2.75) is 37.8 Å². The van der Waals surface area contributed by atoms with Gasteiger partial charge in [0, 0.05) is 20.0 Å². The van der Waals surface area contributed by atoms with Gasteiger partial charge in [0.25, 0.3) is 5.91 Å². The molecule has 1 aliphatic carbocycles. The predicted octanol–water partition coefficient (Wildman–Crippen LogP) is 3.18. The van der Waals surface area contributed by atoms with Crippen molar-refractivity contribution in [1.29, 1.82) is 0 Å². The molecule has 0 unspecified atom stereocenters. The minimum absolute atomic E-state index is 0.109. The highest BCUT2D eigenvalue weighted by molar-refractivity contribution is 5.95. The summed E-state index contributed by atoms with van der Waals surface area (Å²) in [5.41, 5.74) is -0.914. The van der Waals surface area contributed by atoms with Crippen molar-refractivity contribution in [3.05, 3.63) is 35.4 Å². The van der Waals surface area contributed by atoms with E-state index in [0.29, 0.717) is 18.3 Å². The van der Waals surface area contributed by atoms with Crippen LogP contribution < -0.4 is 0 Å². The molecule has 2 fully saturated rings. The summed E-state index contributed by atoms with van der Waals surface area (Å²) in [6.45, 7) is 2.35. The number of halogens is 3. The quantitative estimate of drug-likeness (QED) is 0.827. The molecule has 1 aliphatic heterocycles. The van der Waals surface area contributed by atoms with Crippen LogP contribution in [0.25, 0.3) is 0 Å². The van der Waals surface area contributed by atoms with Crippen LogP contribution in [0.4, 0.5) is 13.2 Å². The maximum Gasteiger partial charge on any atom is 0.450 e. The lowest BCUT2D eigenvalue weighted by Crippen LogP contribution is -2.35. The molecular weight excluding hydrogens is 339 g/mol. The van der Waals surface area contributed by atoms with Gasteiger partial charge in [0.05, 0.1) is 17.2 Å². The molecule has 0 aromatic carbocycles. The summed E-state index contributed by atoms with van der Waals surface area (Å²) in [6.07, 6.45) is -1.19. The zero-order valence-corrected chi connectivity index (χ0v) is 13.5. The van der Waals surface area contributed by atoms with Crippen molar-refractivity contribution in [2.24, 2.45) is 5.92 Å². The van der Waals surface area contributed by atoms with Crippen LogP contribution >= 0.6 is 0 Å². The van der Waals surface area contributed by atoms with Gasteiger partial charge in [-0.3, -0.25) is 4.79 Å². The highest BCUT2D eigenvalue weighted by atomic mass is 19.4. The molecule has 6 nitrogen and oxygen atoms in total. The van der Waals surface area contributed by atoms with E-state index in [1.165, 1.54) is 4.90 Å². The molecule has 0 spiro atoms. The molecule has 2 aromatic rings. The van der Waals surface area contributed by atoms with E-state index in [0.717, 1.165) is 31.6 Å². The molecule has 1 saturated heterocycles. The van der Waals surface area contributed by atoms with Crippen LogP contribution in [-0.4, -0.2) is 34.1 Å². The third kappa shape index (κ3) is 2.44. The third-order valence-corrected chi connectivity index (χ3v) is 5.26. The van der Waals surface area contributed by atoms with Gasteiger partial charge in [-0.15, -0.1) is 10.2 Å². The zero-order valence-electron chi connectivity index (χ0n) is 13.5. The highest BCUT2D eigenvalue weighted by Crippen LogP contribution is 2.50. The van der Waals surface area contributed by atoms with Crippen LogP contribution in [0.5, 0.6) is 0 Å². The average Bonchev–Trinajstić information content (AvgIpc) is 3.27. The Kier molecular flexibility index (Phi) is 3.45. The highest BCUT2D eigenvalue weighted by Gasteiger charge is 2.55. The second kappa shape index (κ2) is 5.34. The Hall–Kier alpha value is -2.32. The number of likely N-dealkylation sites (tertiary alicyclic amines) is 1. The number of hydrogen-bond donors (Lipinski definition) is 0. The number of furan rings is 1. The van der Waals surface area contributed by atoms with E-state index in [1.807, 2.05) is 0 Å². The van der Waals surface area contributed by atoms with Gasteiger partial charge in [-0.25, -0.2) is 0 Å². The molecule has 25 heavy (non-hydrogen) atoms. The Balaban J connectivity index is 1.64. The van der Waals surface area contributed by atoms with E-state index in [4.69, 9.17) is 4.42 Å². The lowest BCUT2D eigenvalue weighted by Gasteiger charge is -2.24. The van der Waals surface area contributed by atoms with Gasteiger partial charge in [0.2, 0.25) is 17.5 Å². The molecule has 1 amide bonds. The fourth-order valence-electron chi connectivity index (χ4n) is 4.16. The van der Waals surface area contributed by atoms with Crippen molar-refractivity contribution in [1.82, 2.24) is 15.1 Å². The second-order valence-electron chi connectivity index (χ2n) is 6.72. The molecule has 2 aromatic heterocycles. The van der Waals surface area contributed by atoms with E-state index >= 15 is 0 Å². The number of carbonyl (C=O) groups excluding carboxylic acids is 1. The Morgan fingerprint density at radius 3 is 2.88 bits per heavy atom. The Morgan fingerprint density at radius 2 is 2.20 bits per heavy atom. The summed E-state index contributed by atoms with van der Waals surface area (Å²) in [5.74, 6) is -0.902. The van der Waals surface area contributed by atoms with E-state index < -0.39 is 28.8 Å². The second-order valence-corrected chi connectivity index (χ2v) is 6.72. The lowest BCUT2D eigenvalue weighted by atomic mass is 9.80. The molecule has 0 bridgehead atoms. The molecule has 0 N–H and O–H groups in total. The molecular formula is C16H16F3N3O3. The van der Waals surface area contributed by atoms with Gasteiger partial charge in [0.1, 0.15) is 0 Å². The largest absolute Gasteiger partial charge is 0.459 e. The molecule has 9 heteroatoms. The van der Waals surface area contributed by atoms with Gasteiger partial charge >= 0.3 is 6.18 Å². The summed E-state index contributed by atoms with van der Waals surface area (Å²) in [6, 6.07) is 1.07. The summed E-state index contributed by atoms with van der Waals surface area (Å²) >= 11 is 0. The van der Waals surface area contributed by atoms with Crippen molar-refractivity contribution >= 4 is 5.91 Å². The van der Waals surface area contributed by atoms with Crippen LogP contribution in [-0.2, 0) is 11.6 Å². The maximum atomic E-state index is 13.0. The predicted molar refractivity (Wildman–Crippen MR) is 77.7 cm³/mol. The Morgan fingerprint density at radius 1 is 1.40 bits per heavy atom. The molecule has 2 atom stereocenters. The molecule has 134 valence electrons. The smallest absolute Gasteiger partial charge is 0.450 e. The van der Waals surface area contributed by atoms with Crippen LogP contribution in [0.1, 0.15) is 47.2 Å². The first-order valence-electron chi connectivity index (χ1n) is 8.06. The summed E-state index contributed by atoms with van der Waals surface area (Å²) in [4.78, 5) is 14.1. The lowest BCUT2D eigenvalue weighted by molar-refractivity contribution is -0.153. The number of carbonyl (C=O) groups is 1. The molecule has 2 aliphatic rings. The average molecular weight is 355 g/mol. The summed E-state index contributed by atoms with van der Waals surface area (Å²) in [7, 11) is 0. The molecule has 4 rings (SSSR count). The third-order valence-electron chi connectivity index (χ3n) is 5.26. The Labute approximate surface area is 141 Å². The number of nitrogens with zero attached hydrogens (tertiary/aromatic N) is 3. The first kappa shape index (κ1) is 16.2. The van der Waals surface area contributed by atoms with Gasteiger partial charge in [-0.2, -0.15) is 13.2 Å². The van der Waals surface area contributed by atoms with Crippen molar-refractivity contribution < 1.29 is 26.8 Å². The van der Waals surface area contributed by atoms with E-state index in [1.54, 1.807) is 6.92 Å². The van der Waals surface area contributed by atoms with E-state index in [-0.39, 0.29) is 12.5 Å². The van der Waals surface area contributed by atoms with Crippen LogP contribution in [0.15, 0.2) is 21.2 Å². The van der Waals surface area contributed by atoms with Crippen molar-refractivity contribution in [2.75, 3.05) is 13.1 Å². The zero-order chi connectivity index (χ0) is 17.8. The van der Waals surface area contributed by atoms with Crippen LogP contribution in [0.2, 0.25) is 0 Å². The normalized spacial score (nSPS) is 26.2. The molecule has 1 saturated carbocycles.